The number of rotatable bonds is 3. The topological polar surface area (TPSA) is 50.9 Å². The number of thiazole rings is 1. The Bertz CT molecular complexity index is 760. The maximum absolute atomic E-state index is 5.93. The van der Waals surface area contributed by atoms with Gasteiger partial charge in [-0.2, -0.15) is 0 Å². The van der Waals surface area contributed by atoms with Crippen LogP contribution in [-0.4, -0.2) is 4.98 Å². The third-order valence-electron chi connectivity index (χ3n) is 3.38. The van der Waals surface area contributed by atoms with E-state index in [1.54, 1.807) is 11.3 Å². The molecule has 0 fully saturated rings. The molecule has 0 saturated carbocycles. The lowest BCUT2D eigenvalue weighted by molar-refractivity contribution is 1.37. The fourth-order valence-electron chi connectivity index (χ4n) is 2.03. The van der Waals surface area contributed by atoms with Crippen LogP contribution in [0.2, 0.25) is 0 Å². The van der Waals surface area contributed by atoms with E-state index >= 15 is 0 Å². The van der Waals surface area contributed by atoms with Crippen molar-refractivity contribution in [3.63, 3.8) is 0 Å². The van der Waals surface area contributed by atoms with Gasteiger partial charge in [0.05, 0.1) is 5.69 Å². The summed E-state index contributed by atoms with van der Waals surface area (Å²) in [5, 5.41) is 6.23. The average Bonchev–Trinajstić information content (AvgIpc) is 2.92. The van der Waals surface area contributed by atoms with Crippen LogP contribution in [0.15, 0.2) is 47.8 Å². The van der Waals surface area contributed by atoms with E-state index in [0.29, 0.717) is 0 Å². The second-order valence-electron chi connectivity index (χ2n) is 5.10. The molecular formula is C17H17N3S. The fourth-order valence-corrected chi connectivity index (χ4v) is 2.77. The Labute approximate surface area is 128 Å². The molecule has 0 aliphatic heterocycles. The number of nitrogens with one attached hydrogen (secondary N) is 1. The number of nitrogens with zero attached hydrogens (tertiary/aromatic N) is 1. The van der Waals surface area contributed by atoms with E-state index in [0.717, 1.165) is 33.3 Å². The highest BCUT2D eigenvalue weighted by Crippen LogP contribution is 2.28. The lowest BCUT2D eigenvalue weighted by Gasteiger charge is -2.05. The quantitative estimate of drug-likeness (QED) is 0.685. The summed E-state index contributed by atoms with van der Waals surface area (Å²) in [4.78, 5) is 4.62. The normalized spacial score (nSPS) is 10.6. The highest BCUT2D eigenvalue weighted by Gasteiger charge is 2.05. The summed E-state index contributed by atoms with van der Waals surface area (Å²) in [5.41, 5.74) is 12.1. The lowest BCUT2D eigenvalue weighted by Crippen LogP contribution is -1.94. The molecule has 0 aliphatic rings. The minimum atomic E-state index is 0.787. The zero-order chi connectivity index (χ0) is 14.8. The molecule has 3 aromatic rings. The van der Waals surface area contributed by atoms with Gasteiger partial charge in [-0.1, -0.05) is 35.9 Å². The maximum atomic E-state index is 5.93. The number of hydrogen-bond donors (Lipinski definition) is 2. The Morgan fingerprint density at radius 1 is 1.05 bits per heavy atom. The molecular weight excluding hydrogens is 278 g/mol. The third-order valence-corrected chi connectivity index (χ3v) is 4.14. The number of nitrogen functional groups attached to an aromatic ring is 1. The van der Waals surface area contributed by atoms with E-state index < -0.39 is 0 Å². The fraction of sp³-hybridized carbons (Fsp3) is 0.118. The summed E-state index contributed by atoms with van der Waals surface area (Å²) in [6.07, 6.45) is 0. The first-order chi connectivity index (χ1) is 10.1. The van der Waals surface area contributed by atoms with Gasteiger partial charge in [-0.15, -0.1) is 11.3 Å². The minimum Gasteiger partial charge on any atom is -0.398 e. The van der Waals surface area contributed by atoms with Gasteiger partial charge >= 0.3 is 0 Å². The van der Waals surface area contributed by atoms with Crippen LogP contribution in [0.25, 0.3) is 11.3 Å². The highest BCUT2D eigenvalue weighted by molar-refractivity contribution is 7.14. The van der Waals surface area contributed by atoms with E-state index in [-0.39, 0.29) is 0 Å². The van der Waals surface area contributed by atoms with Crippen molar-refractivity contribution in [1.82, 2.24) is 4.98 Å². The van der Waals surface area contributed by atoms with Gasteiger partial charge in [0.1, 0.15) is 0 Å². The smallest absolute Gasteiger partial charge is 0.187 e. The molecule has 0 spiro atoms. The average molecular weight is 295 g/mol. The molecule has 0 amide bonds. The van der Waals surface area contributed by atoms with Gasteiger partial charge in [0.25, 0.3) is 0 Å². The second-order valence-corrected chi connectivity index (χ2v) is 5.96. The number of anilines is 3. The minimum absolute atomic E-state index is 0.787. The van der Waals surface area contributed by atoms with Crippen molar-refractivity contribution in [2.45, 2.75) is 13.8 Å². The van der Waals surface area contributed by atoms with Crippen molar-refractivity contribution in [3.05, 3.63) is 59.0 Å². The van der Waals surface area contributed by atoms with E-state index in [4.69, 9.17) is 5.73 Å². The molecule has 3 N–H and O–H groups in total. The van der Waals surface area contributed by atoms with E-state index in [9.17, 15) is 0 Å². The summed E-state index contributed by atoms with van der Waals surface area (Å²) >= 11 is 1.59. The summed E-state index contributed by atoms with van der Waals surface area (Å²) in [5.74, 6) is 0. The van der Waals surface area contributed by atoms with E-state index in [1.165, 1.54) is 5.56 Å². The summed E-state index contributed by atoms with van der Waals surface area (Å²) in [6, 6.07) is 14.3. The first kappa shape index (κ1) is 13.6. The SMILES string of the molecule is Cc1ccc(-c2csc(Nc3ccc(C)c(N)c3)n2)cc1. The molecule has 4 heteroatoms. The van der Waals surface area contributed by atoms with Gasteiger partial charge in [0.2, 0.25) is 0 Å². The van der Waals surface area contributed by atoms with Gasteiger partial charge in [0, 0.05) is 22.3 Å². The number of nitrogens with two attached hydrogens (primary N) is 1. The van der Waals surface area contributed by atoms with Crippen molar-refractivity contribution >= 4 is 27.8 Å². The molecule has 0 radical (unpaired) electrons. The van der Waals surface area contributed by atoms with Crippen LogP contribution in [0.3, 0.4) is 0 Å². The summed E-state index contributed by atoms with van der Waals surface area (Å²) < 4.78 is 0. The van der Waals surface area contributed by atoms with Gasteiger partial charge in [0.15, 0.2) is 5.13 Å². The number of aryl methyl sites for hydroxylation is 2. The van der Waals surface area contributed by atoms with Crippen molar-refractivity contribution in [3.8, 4) is 11.3 Å². The van der Waals surface area contributed by atoms with E-state index in [2.05, 4.69) is 46.9 Å². The molecule has 3 nitrogen and oxygen atoms in total. The first-order valence-corrected chi connectivity index (χ1v) is 7.65. The first-order valence-electron chi connectivity index (χ1n) is 6.77. The molecule has 1 heterocycles. The predicted octanol–water partition coefficient (Wildman–Crippen LogP) is 4.75. The van der Waals surface area contributed by atoms with Crippen LogP contribution in [0, 0.1) is 13.8 Å². The predicted molar refractivity (Wildman–Crippen MR) is 91.2 cm³/mol. The largest absolute Gasteiger partial charge is 0.398 e. The molecule has 2 aromatic carbocycles. The highest BCUT2D eigenvalue weighted by atomic mass is 32.1. The molecule has 106 valence electrons. The lowest BCUT2D eigenvalue weighted by atomic mass is 10.1. The Balaban J connectivity index is 1.81. The second kappa shape index (κ2) is 5.58. The molecule has 0 atom stereocenters. The molecule has 0 bridgehead atoms. The Morgan fingerprint density at radius 3 is 2.52 bits per heavy atom. The Hall–Kier alpha value is -2.33. The molecule has 21 heavy (non-hydrogen) atoms. The zero-order valence-corrected chi connectivity index (χ0v) is 12.9. The van der Waals surface area contributed by atoms with Crippen molar-refractivity contribution < 1.29 is 0 Å². The van der Waals surface area contributed by atoms with Crippen LogP contribution in [0.4, 0.5) is 16.5 Å². The van der Waals surface area contributed by atoms with Crippen molar-refractivity contribution in [2.75, 3.05) is 11.1 Å². The Morgan fingerprint density at radius 2 is 1.81 bits per heavy atom. The maximum Gasteiger partial charge on any atom is 0.187 e. The van der Waals surface area contributed by atoms with Crippen molar-refractivity contribution in [2.24, 2.45) is 0 Å². The monoisotopic (exact) mass is 295 g/mol. The van der Waals surface area contributed by atoms with Gasteiger partial charge in [-0.25, -0.2) is 4.98 Å². The zero-order valence-electron chi connectivity index (χ0n) is 12.1. The summed E-state index contributed by atoms with van der Waals surface area (Å²) in [6.45, 7) is 4.08. The van der Waals surface area contributed by atoms with Crippen LogP contribution in [0.5, 0.6) is 0 Å². The van der Waals surface area contributed by atoms with Crippen LogP contribution < -0.4 is 11.1 Å². The molecule has 0 unspecified atom stereocenters. The Kier molecular flexibility index (Phi) is 3.62. The van der Waals surface area contributed by atoms with Gasteiger partial charge in [-0.05, 0) is 31.5 Å². The number of hydrogen-bond acceptors (Lipinski definition) is 4. The molecule has 0 aliphatic carbocycles. The van der Waals surface area contributed by atoms with Gasteiger partial charge in [-0.3, -0.25) is 0 Å². The number of benzene rings is 2. The van der Waals surface area contributed by atoms with E-state index in [1.807, 2.05) is 25.1 Å². The standard InChI is InChI=1S/C17H17N3S/c1-11-3-6-13(7-4-11)16-10-21-17(20-16)19-14-8-5-12(2)15(18)9-14/h3-10H,18H2,1-2H3,(H,19,20). The third kappa shape index (κ3) is 3.06. The molecule has 3 rings (SSSR count). The van der Waals surface area contributed by atoms with Crippen LogP contribution in [0.1, 0.15) is 11.1 Å². The van der Waals surface area contributed by atoms with Crippen LogP contribution in [-0.2, 0) is 0 Å². The van der Waals surface area contributed by atoms with Crippen molar-refractivity contribution in [1.29, 1.82) is 0 Å². The molecule has 0 saturated heterocycles. The number of aromatic nitrogens is 1. The van der Waals surface area contributed by atoms with Crippen LogP contribution >= 0.6 is 11.3 Å². The molecule has 1 aromatic heterocycles. The van der Waals surface area contributed by atoms with Gasteiger partial charge < -0.3 is 11.1 Å². The summed E-state index contributed by atoms with van der Waals surface area (Å²) in [7, 11) is 0.